The summed E-state index contributed by atoms with van der Waals surface area (Å²) in [6.45, 7) is 0.118. The fraction of sp³-hybridized carbons (Fsp3) is 0.364. The molecule has 0 spiro atoms. The molecular weight excluding hydrogens is 305 g/mol. The molecule has 1 heterocycles. The van der Waals surface area contributed by atoms with Gasteiger partial charge in [-0.05, 0) is 12.5 Å². The SMILES string of the molecule is O=C1CCC(NS(=O)(=O)c2ccc([N+](=O)[O-])cc2F)CN1. The first-order chi connectivity index (χ1) is 9.79. The van der Waals surface area contributed by atoms with Gasteiger partial charge in [0.2, 0.25) is 15.9 Å². The molecule has 0 saturated carbocycles. The average Bonchev–Trinajstić information content (AvgIpc) is 2.40. The lowest BCUT2D eigenvalue weighted by Crippen LogP contribution is -2.47. The quantitative estimate of drug-likeness (QED) is 0.611. The second kappa shape index (κ2) is 5.74. The third kappa shape index (κ3) is 3.52. The van der Waals surface area contributed by atoms with Crippen LogP contribution in [0.1, 0.15) is 12.8 Å². The standard InChI is InChI=1S/C11H12FN3O5S/c12-9-5-8(15(17)18)2-3-10(9)21(19,20)14-7-1-4-11(16)13-6-7/h2-3,5,7,14H,1,4,6H2,(H,13,16). The number of rotatable bonds is 4. The number of sulfonamides is 1. The number of carbonyl (C=O) groups excluding carboxylic acids is 1. The van der Waals surface area contributed by atoms with Crippen molar-refractivity contribution in [2.75, 3.05) is 6.54 Å². The van der Waals surface area contributed by atoms with Crippen molar-refractivity contribution in [3.8, 4) is 0 Å². The van der Waals surface area contributed by atoms with Crippen molar-refractivity contribution < 1.29 is 22.5 Å². The lowest BCUT2D eigenvalue weighted by Gasteiger charge is -2.23. The number of nitro benzene ring substituents is 1. The Kier molecular flexibility index (Phi) is 4.19. The smallest absolute Gasteiger partial charge is 0.272 e. The Hall–Kier alpha value is -2.07. The molecule has 2 rings (SSSR count). The second-order valence-corrected chi connectivity index (χ2v) is 6.22. The summed E-state index contributed by atoms with van der Waals surface area (Å²) in [4.78, 5) is 20.0. The number of hydrogen-bond donors (Lipinski definition) is 2. The summed E-state index contributed by atoms with van der Waals surface area (Å²) in [6, 6.07) is 1.77. The molecule has 0 aliphatic carbocycles. The van der Waals surface area contributed by atoms with E-state index in [1.165, 1.54) is 0 Å². The molecule has 1 aliphatic heterocycles. The van der Waals surface area contributed by atoms with Crippen LogP contribution in [-0.4, -0.2) is 31.8 Å². The Morgan fingerprint density at radius 3 is 2.67 bits per heavy atom. The minimum absolute atomic E-state index is 0.118. The number of piperidine rings is 1. The summed E-state index contributed by atoms with van der Waals surface area (Å²) >= 11 is 0. The first-order valence-corrected chi connectivity index (χ1v) is 7.51. The van der Waals surface area contributed by atoms with Gasteiger partial charge in [-0.25, -0.2) is 17.5 Å². The minimum Gasteiger partial charge on any atom is -0.355 e. The van der Waals surface area contributed by atoms with Crippen LogP contribution in [0.2, 0.25) is 0 Å². The lowest BCUT2D eigenvalue weighted by molar-refractivity contribution is -0.385. The molecule has 0 radical (unpaired) electrons. The van der Waals surface area contributed by atoms with Gasteiger partial charge in [0.05, 0.1) is 11.0 Å². The van der Waals surface area contributed by atoms with Gasteiger partial charge < -0.3 is 5.32 Å². The lowest BCUT2D eigenvalue weighted by atomic mass is 10.1. The van der Waals surface area contributed by atoms with Crippen LogP contribution >= 0.6 is 0 Å². The van der Waals surface area contributed by atoms with Crippen LogP contribution in [0.25, 0.3) is 0 Å². The summed E-state index contributed by atoms with van der Waals surface area (Å²) in [7, 11) is -4.15. The molecule has 1 atom stereocenters. The Balaban J connectivity index is 2.19. The zero-order valence-electron chi connectivity index (χ0n) is 10.7. The molecule has 10 heteroatoms. The van der Waals surface area contributed by atoms with Gasteiger partial charge in [0, 0.05) is 25.1 Å². The van der Waals surface area contributed by atoms with Crippen LogP contribution < -0.4 is 10.0 Å². The van der Waals surface area contributed by atoms with Crippen LogP contribution in [0, 0.1) is 15.9 Å². The molecule has 114 valence electrons. The second-order valence-electron chi connectivity index (χ2n) is 4.53. The van der Waals surface area contributed by atoms with Crippen molar-refractivity contribution in [1.82, 2.24) is 10.0 Å². The number of benzene rings is 1. The monoisotopic (exact) mass is 317 g/mol. The molecule has 1 aromatic carbocycles. The molecule has 21 heavy (non-hydrogen) atoms. The maximum absolute atomic E-state index is 13.7. The number of hydrogen-bond acceptors (Lipinski definition) is 5. The van der Waals surface area contributed by atoms with Gasteiger partial charge in [0.15, 0.2) is 0 Å². The zero-order valence-corrected chi connectivity index (χ0v) is 11.5. The van der Waals surface area contributed by atoms with E-state index in [1.54, 1.807) is 0 Å². The first kappa shape index (κ1) is 15.3. The number of nitrogens with zero attached hydrogens (tertiary/aromatic N) is 1. The number of carbonyl (C=O) groups is 1. The highest BCUT2D eigenvalue weighted by atomic mass is 32.2. The van der Waals surface area contributed by atoms with E-state index in [1.807, 2.05) is 0 Å². The Morgan fingerprint density at radius 2 is 2.14 bits per heavy atom. The third-order valence-electron chi connectivity index (χ3n) is 3.00. The van der Waals surface area contributed by atoms with Crippen LogP contribution in [0.15, 0.2) is 23.1 Å². The predicted molar refractivity (Wildman–Crippen MR) is 69.4 cm³/mol. The topological polar surface area (TPSA) is 118 Å². The van der Waals surface area contributed by atoms with Crippen molar-refractivity contribution in [3.63, 3.8) is 0 Å². The van der Waals surface area contributed by atoms with Crippen molar-refractivity contribution >= 4 is 21.6 Å². The van der Waals surface area contributed by atoms with E-state index in [2.05, 4.69) is 10.0 Å². The molecule has 1 amide bonds. The van der Waals surface area contributed by atoms with E-state index in [0.29, 0.717) is 12.5 Å². The fourth-order valence-electron chi connectivity index (χ4n) is 1.94. The Labute approximate surface area is 119 Å². The molecule has 0 aromatic heterocycles. The summed E-state index contributed by atoms with van der Waals surface area (Å²) in [5, 5.41) is 13.0. The molecule has 8 nitrogen and oxygen atoms in total. The highest BCUT2D eigenvalue weighted by Crippen LogP contribution is 2.21. The molecule has 1 saturated heterocycles. The van der Waals surface area contributed by atoms with Crippen molar-refractivity contribution in [3.05, 3.63) is 34.1 Å². The van der Waals surface area contributed by atoms with E-state index in [9.17, 15) is 27.7 Å². The van der Waals surface area contributed by atoms with Crippen molar-refractivity contribution in [1.29, 1.82) is 0 Å². The van der Waals surface area contributed by atoms with Crippen LogP contribution in [0.4, 0.5) is 10.1 Å². The average molecular weight is 317 g/mol. The highest BCUT2D eigenvalue weighted by molar-refractivity contribution is 7.89. The summed E-state index contributed by atoms with van der Waals surface area (Å²) < 4.78 is 40.1. The molecule has 1 fully saturated rings. The molecule has 0 bridgehead atoms. The Bertz CT molecular complexity index is 681. The predicted octanol–water partition coefficient (Wildman–Crippen LogP) is 0.291. The van der Waals surface area contributed by atoms with E-state index in [0.717, 1.165) is 12.1 Å². The maximum Gasteiger partial charge on any atom is 0.272 e. The van der Waals surface area contributed by atoms with Gasteiger partial charge in [-0.1, -0.05) is 0 Å². The third-order valence-corrected chi connectivity index (χ3v) is 4.56. The number of amides is 1. The van der Waals surface area contributed by atoms with E-state index < -0.39 is 37.4 Å². The van der Waals surface area contributed by atoms with E-state index in [4.69, 9.17) is 0 Å². The van der Waals surface area contributed by atoms with E-state index in [-0.39, 0.29) is 18.9 Å². The van der Waals surface area contributed by atoms with Gasteiger partial charge in [0.25, 0.3) is 5.69 Å². The largest absolute Gasteiger partial charge is 0.355 e. The summed E-state index contributed by atoms with van der Waals surface area (Å²) in [5.41, 5.74) is -0.531. The highest BCUT2D eigenvalue weighted by Gasteiger charge is 2.27. The summed E-state index contributed by atoms with van der Waals surface area (Å²) in [5.74, 6) is -1.37. The van der Waals surface area contributed by atoms with Gasteiger partial charge in [0.1, 0.15) is 10.7 Å². The minimum atomic E-state index is -4.15. The molecule has 1 unspecified atom stereocenters. The van der Waals surface area contributed by atoms with Crippen LogP contribution in [0.5, 0.6) is 0 Å². The van der Waals surface area contributed by atoms with Gasteiger partial charge >= 0.3 is 0 Å². The molecule has 1 aromatic rings. The van der Waals surface area contributed by atoms with Crippen molar-refractivity contribution in [2.24, 2.45) is 0 Å². The fourth-order valence-corrected chi connectivity index (χ4v) is 3.27. The number of halogens is 1. The van der Waals surface area contributed by atoms with Gasteiger partial charge in [-0.3, -0.25) is 14.9 Å². The maximum atomic E-state index is 13.7. The number of nitro groups is 1. The van der Waals surface area contributed by atoms with Crippen LogP contribution in [-0.2, 0) is 14.8 Å². The van der Waals surface area contributed by atoms with Gasteiger partial charge in [-0.15, -0.1) is 0 Å². The zero-order chi connectivity index (χ0) is 15.6. The molecular formula is C11H12FN3O5S. The molecule has 1 aliphatic rings. The number of non-ortho nitro benzene ring substituents is 1. The van der Waals surface area contributed by atoms with Gasteiger partial charge in [-0.2, -0.15) is 0 Å². The Morgan fingerprint density at radius 1 is 1.43 bits per heavy atom. The normalized spacial score (nSPS) is 19.1. The molecule has 2 N–H and O–H groups in total. The van der Waals surface area contributed by atoms with Crippen molar-refractivity contribution in [2.45, 2.75) is 23.8 Å². The first-order valence-electron chi connectivity index (χ1n) is 6.02. The van der Waals surface area contributed by atoms with Crippen LogP contribution in [0.3, 0.4) is 0 Å². The number of nitrogens with one attached hydrogen (secondary N) is 2. The van der Waals surface area contributed by atoms with E-state index >= 15 is 0 Å². The summed E-state index contributed by atoms with van der Waals surface area (Å²) in [6.07, 6.45) is 0.482.